The molecule has 1 amide bonds. The van der Waals surface area contributed by atoms with Crippen LogP contribution in [0.15, 0.2) is 47.4 Å². The Morgan fingerprint density at radius 1 is 1.19 bits per heavy atom. The third-order valence-corrected chi connectivity index (χ3v) is 8.06. The van der Waals surface area contributed by atoms with Crippen molar-refractivity contribution < 1.29 is 22.0 Å². The van der Waals surface area contributed by atoms with Crippen LogP contribution in [0.4, 0.5) is 14.5 Å². The van der Waals surface area contributed by atoms with Gasteiger partial charge in [0.1, 0.15) is 16.6 Å². The molecule has 1 saturated heterocycles. The van der Waals surface area contributed by atoms with E-state index in [0.717, 1.165) is 17.4 Å². The third-order valence-electron chi connectivity index (χ3n) is 4.98. The minimum absolute atomic E-state index is 0.00978. The highest BCUT2D eigenvalue weighted by atomic mass is 32.2. The van der Waals surface area contributed by atoms with Gasteiger partial charge in [0, 0.05) is 6.54 Å². The molecule has 0 spiro atoms. The molecule has 0 saturated carbocycles. The van der Waals surface area contributed by atoms with Crippen LogP contribution in [0.2, 0.25) is 0 Å². The highest BCUT2D eigenvalue weighted by molar-refractivity contribution is 7.89. The van der Waals surface area contributed by atoms with E-state index in [9.17, 15) is 22.0 Å². The lowest BCUT2D eigenvalue weighted by Gasteiger charge is -2.23. The average Bonchev–Trinajstić information content (AvgIpc) is 3.41. The third kappa shape index (κ3) is 4.21. The molecule has 1 unspecified atom stereocenters. The summed E-state index contributed by atoms with van der Waals surface area (Å²) in [5.74, 6) is -1.86. The number of para-hydroxylation sites is 1. The van der Waals surface area contributed by atoms with Crippen molar-refractivity contribution in [1.82, 2.24) is 14.5 Å². The lowest BCUT2D eigenvalue weighted by atomic mass is 10.2. The zero-order valence-corrected chi connectivity index (χ0v) is 18.0. The van der Waals surface area contributed by atoms with E-state index >= 15 is 0 Å². The number of amides is 1. The van der Waals surface area contributed by atoms with Crippen LogP contribution in [-0.4, -0.2) is 35.4 Å². The lowest BCUT2D eigenvalue weighted by molar-refractivity contribution is 0.102. The second-order valence-corrected chi connectivity index (χ2v) is 9.93. The van der Waals surface area contributed by atoms with Gasteiger partial charge in [-0.25, -0.2) is 17.2 Å². The smallest absolute Gasteiger partial charge is 0.286 e. The molecule has 0 aliphatic carbocycles. The molecule has 1 N–H and O–H groups in total. The first-order valence-corrected chi connectivity index (χ1v) is 11.7. The molecule has 3 aromatic rings. The molecule has 1 fully saturated rings. The fourth-order valence-corrected chi connectivity index (χ4v) is 6.30. The van der Waals surface area contributed by atoms with Gasteiger partial charge in [0.2, 0.25) is 15.0 Å². The van der Waals surface area contributed by atoms with Crippen LogP contribution < -0.4 is 5.32 Å². The van der Waals surface area contributed by atoms with Gasteiger partial charge in [0.05, 0.1) is 16.6 Å². The number of carbonyl (C=O) groups is 1. The van der Waals surface area contributed by atoms with E-state index in [1.54, 1.807) is 13.0 Å². The molecule has 11 heteroatoms. The van der Waals surface area contributed by atoms with E-state index in [0.29, 0.717) is 23.4 Å². The SMILES string of the molecule is Cc1ccc(F)cc1S(=O)(=O)N1CCCC1c1nnc(C(=O)Nc2ccccc2F)s1. The number of aromatic nitrogens is 2. The summed E-state index contributed by atoms with van der Waals surface area (Å²) < 4.78 is 55.2. The molecular formula is C20H18F2N4O3S2. The first kappa shape index (κ1) is 21.5. The van der Waals surface area contributed by atoms with E-state index in [-0.39, 0.29) is 22.1 Å². The van der Waals surface area contributed by atoms with E-state index in [1.165, 1.54) is 34.6 Å². The number of sulfonamides is 1. The topological polar surface area (TPSA) is 92.3 Å². The Morgan fingerprint density at radius 3 is 2.74 bits per heavy atom. The Bertz CT molecular complexity index is 1250. The van der Waals surface area contributed by atoms with Gasteiger partial charge in [0.25, 0.3) is 5.91 Å². The predicted octanol–water partition coefficient (Wildman–Crippen LogP) is 3.90. The molecule has 0 bridgehead atoms. The number of hydrogen-bond donors (Lipinski definition) is 1. The first-order valence-electron chi connectivity index (χ1n) is 9.44. The Labute approximate surface area is 181 Å². The molecule has 1 atom stereocenters. The fourth-order valence-electron chi connectivity index (χ4n) is 3.45. The van der Waals surface area contributed by atoms with Crippen molar-refractivity contribution in [3.8, 4) is 0 Å². The van der Waals surface area contributed by atoms with Crippen molar-refractivity contribution in [2.75, 3.05) is 11.9 Å². The van der Waals surface area contributed by atoms with Crippen LogP contribution in [0.1, 0.15) is 39.3 Å². The molecule has 2 heterocycles. The average molecular weight is 465 g/mol. The standard InChI is InChI=1S/C20H18F2N4O3S2/c1-12-8-9-13(21)11-17(12)31(28,29)26-10-4-7-16(26)19-24-25-20(30-19)18(27)23-15-6-3-2-5-14(15)22/h2-3,5-6,8-9,11,16H,4,7,10H2,1H3,(H,23,27). The molecule has 4 rings (SSSR count). The van der Waals surface area contributed by atoms with E-state index in [2.05, 4.69) is 15.5 Å². The highest BCUT2D eigenvalue weighted by Crippen LogP contribution is 2.38. The zero-order chi connectivity index (χ0) is 22.2. The Hall–Kier alpha value is -2.76. The molecule has 1 aliphatic heterocycles. The Balaban J connectivity index is 1.59. The number of aryl methyl sites for hydroxylation is 1. The van der Waals surface area contributed by atoms with Gasteiger partial charge in [-0.1, -0.05) is 29.5 Å². The van der Waals surface area contributed by atoms with Crippen molar-refractivity contribution in [2.24, 2.45) is 0 Å². The van der Waals surface area contributed by atoms with Crippen molar-refractivity contribution >= 4 is 33.0 Å². The maximum Gasteiger partial charge on any atom is 0.286 e. The number of hydrogen-bond acceptors (Lipinski definition) is 6. The maximum absolute atomic E-state index is 13.8. The zero-order valence-electron chi connectivity index (χ0n) is 16.4. The van der Waals surface area contributed by atoms with Crippen LogP contribution in [0, 0.1) is 18.6 Å². The van der Waals surface area contributed by atoms with Crippen LogP contribution >= 0.6 is 11.3 Å². The summed E-state index contributed by atoms with van der Waals surface area (Å²) in [6.07, 6.45) is 1.09. The molecule has 7 nitrogen and oxygen atoms in total. The van der Waals surface area contributed by atoms with Gasteiger partial charge in [-0.3, -0.25) is 4.79 Å². The van der Waals surface area contributed by atoms with Crippen LogP contribution in [0.5, 0.6) is 0 Å². The van der Waals surface area contributed by atoms with Gasteiger partial charge in [0.15, 0.2) is 0 Å². The molecule has 1 aliphatic rings. The summed E-state index contributed by atoms with van der Waals surface area (Å²) in [6, 6.07) is 8.75. The normalized spacial score (nSPS) is 17.1. The minimum Gasteiger partial charge on any atom is -0.317 e. The summed E-state index contributed by atoms with van der Waals surface area (Å²) >= 11 is 0.949. The summed E-state index contributed by atoms with van der Waals surface area (Å²) in [5.41, 5.74) is 0.449. The van der Waals surface area contributed by atoms with Gasteiger partial charge in [-0.05, 0) is 49.6 Å². The van der Waals surface area contributed by atoms with E-state index < -0.39 is 33.6 Å². The predicted molar refractivity (Wildman–Crippen MR) is 111 cm³/mol. The second kappa shape index (κ2) is 8.40. The number of halogens is 2. The first-order chi connectivity index (χ1) is 14.8. The Morgan fingerprint density at radius 2 is 1.97 bits per heavy atom. The number of anilines is 1. The number of nitrogens with one attached hydrogen (secondary N) is 1. The van der Waals surface area contributed by atoms with Crippen LogP contribution in [0.3, 0.4) is 0 Å². The minimum atomic E-state index is -3.97. The molecule has 1 aromatic heterocycles. The second-order valence-electron chi connectivity index (χ2n) is 7.06. The summed E-state index contributed by atoms with van der Waals surface area (Å²) in [5, 5.41) is 10.7. The molecule has 31 heavy (non-hydrogen) atoms. The summed E-state index contributed by atoms with van der Waals surface area (Å²) in [6.45, 7) is 1.85. The lowest BCUT2D eigenvalue weighted by Crippen LogP contribution is -2.31. The summed E-state index contributed by atoms with van der Waals surface area (Å²) in [4.78, 5) is 12.3. The Kier molecular flexibility index (Phi) is 5.82. The number of benzene rings is 2. The van der Waals surface area contributed by atoms with Crippen molar-refractivity contribution in [3.63, 3.8) is 0 Å². The quantitative estimate of drug-likeness (QED) is 0.618. The molecule has 0 radical (unpaired) electrons. The summed E-state index contributed by atoms with van der Waals surface area (Å²) in [7, 11) is -3.97. The number of rotatable bonds is 5. The largest absolute Gasteiger partial charge is 0.317 e. The molecule has 162 valence electrons. The van der Waals surface area contributed by atoms with Gasteiger partial charge < -0.3 is 5.32 Å². The van der Waals surface area contributed by atoms with Crippen LogP contribution in [-0.2, 0) is 10.0 Å². The van der Waals surface area contributed by atoms with Crippen molar-refractivity contribution in [3.05, 3.63) is 69.7 Å². The highest BCUT2D eigenvalue weighted by Gasteiger charge is 2.39. The van der Waals surface area contributed by atoms with E-state index in [1.807, 2.05) is 0 Å². The fraction of sp³-hybridized carbons (Fsp3) is 0.250. The number of carbonyl (C=O) groups excluding carboxylic acids is 1. The maximum atomic E-state index is 13.8. The monoisotopic (exact) mass is 464 g/mol. The van der Waals surface area contributed by atoms with Gasteiger partial charge in [-0.15, -0.1) is 10.2 Å². The van der Waals surface area contributed by atoms with Gasteiger partial charge in [-0.2, -0.15) is 4.31 Å². The van der Waals surface area contributed by atoms with Crippen molar-refractivity contribution in [1.29, 1.82) is 0 Å². The van der Waals surface area contributed by atoms with Crippen LogP contribution in [0.25, 0.3) is 0 Å². The number of nitrogens with zero attached hydrogens (tertiary/aromatic N) is 3. The molecule has 2 aromatic carbocycles. The van der Waals surface area contributed by atoms with Crippen molar-refractivity contribution in [2.45, 2.75) is 30.7 Å². The molecular weight excluding hydrogens is 446 g/mol. The van der Waals surface area contributed by atoms with E-state index in [4.69, 9.17) is 0 Å². The van der Waals surface area contributed by atoms with Gasteiger partial charge >= 0.3 is 0 Å².